The number of benzene rings is 1. The molecule has 2 aromatic rings. The molecule has 22 heavy (non-hydrogen) atoms. The summed E-state index contributed by atoms with van der Waals surface area (Å²) in [5.41, 5.74) is 6.37. The van der Waals surface area contributed by atoms with E-state index in [0.29, 0.717) is 14.6 Å². The fourth-order valence-electron chi connectivity index (χ4n) is 1.87. The van der Waals surface area contributed by atoms with Crippen LogP contribution in [0.3, 0.4) is 0 Å². The van der Waals surface area contributed by atoms with Crippen molar-refractivity contribution in [3.05, 3.63) is 42.5 Å². The molecule has 0 aliphatic rings. The number of ether oxygens (including phenoxy) is 1. The average Bonchev–Trinajstić information content (AvgIpc) is 2.80. The maximum absolute atomic E-state index is 12.0. The Labute approximate surface area is 152 Å². The minimum atomic E-state index is -0.694. The molecule has 0 amide bonds. The SMILES string of the molecule is COC(=O)c1c(N)c(C#N)cn1-c1c(Br)cc(Br)c(Cl)c1Cl. The molecule has 0 aliphatic heterocycles. The normalized spacial score (nSPS) is 10.4. The number of nitrogens with zero attached hydrogens (tertiary/aromatic N) is 2. The van der Waals surface area contributed by atoms with Crippen molar-refractivity contribution >= 4 is 66.7 Å². The van der Waals surface area contributed by atoms with E-state index in [1.54, 1.807) is 6.07 Å². The number of hydrogen-bond donors (Lipinski definition) is 1. The number of carbonyl (C=O) groups is 1. The van der Waals surface area contributed by atoms with Gasteiger partial charge in [0.2, 0.25) is 0 Å². The maximum atomic E-state index is 12.0. The molecule has 0 saturated carbocycles. The molecule has 0 saturated heterocycles. The van der Waals surface area contributed by atoms with Crippen molar-refractivity contribution in [1.82, 2.24) is 4.57 Å². The molecule has 0 unspecified atom stereocenters. The zero-order valence-corrected chi connectivity index (χ0v) is 15.6. The molecule has 1 heterocycles. The Hall–Kier alpha value is -1.20. The standard InChI is InChI=1S/C13H7Br2Cl2N3O2/c1-22-13(21)12-10(19)5(3-18)4-20(12)11-7(15)2-6(14)8(16)9(11)17/h2,4H,19H2,1H3. The number of hydrogen-bond acceptors (Lipinski definition) is 4. The van der Waals surface area contributed by atoms with Crippen molar-refractivity contribution in [2.24, 2.45) is 0 Å². The number of aromatic nitrogens is 1. The van der Waals surface area contributed by atoms with Gasteiger partial charge in [0, 0.05) is 15.1 Å². The van der Waals surface area contributed by atoms with Gasteiger partial charge in [0.1, 0.15) is 6.07 Å². The molecule has 2 N–H and O–H groups in total. The van der Waals surface area contributed by atoms with Gasteiger partial charge in [-0.25, -0.2) is 4.79 Å². The number of nitrogens with two attached hydrogens (primary N) is 1. The van der Waals surface area contributed by atoms with E-state index < -0.39 is 5.97 Å². The molecular formula is C13H7Br2Cl2N3O2. The Kier molecular flexibility index (Phi) is 5.07. The van der Waals surface area contributed by atoms with Crippen LogP contribution < -0.4 is 5.73 Å². The molecule has 0 radical (unpaired) electrons. The summed E-state index contributed by atoms with van der Waals surface area (Å²) in [4.78, 5) is 12.0. The van der Waals surface area contributed by atoms with E-state index in [9.17, 15) is 4.79 Å². The third-order valence-corrected chi connectivity index (χ3v) is 5.19. The van der Waals surface area contributed by atoms with Crippen LogP contribution in [0.25, 0.3) is 5.69 Å². The zero-order valence-electron chi connectivity index (χ0n) is 11.0. The van der Waals surface area contributed by atoms with Crippen LogP contribution in [0.4, 0.5) is 5.69 Å². The summed E-state index contributed by atoms with van der Waals surface area (Å²) in [7, 11) is 1.22. The average molecular weight is 468 g/mol. The number of anilines is 1. The van der Waals surface area contributed by atoms with Crippen molar-refractivity contribution in [3.63, 3.8) is 0 Å². The van der Waals surface area contributed by atoms with Crippen LogP contribution >= 0.6 is 55.1 Å². The summed E-state index contributed by atoms with van der Waals surface area (Å²) < 4.78 is 7.23. The van der Waals surface area contributed by atoms with Gasteiger partial charge in [-0.05, 0) is 37.9 Å². The van der Waals surface area contributed by atoms with Crippen LogP contribution in [0, 0.1) is 11.3 Å². The number of methoxy groups -OCH3 is 1. The van der Waals surface area contributed by atoms with Crippen molar-refractivity contribution in [3.8, 4) is 11.8 Å². The van der Waals surface area contributed by atoms with Crippen molar-refractivity contribution < 1.29 is 9.53 Å². The Morgan fingerprint density at radius 2 is 2.00 bits per heavy atom. The second-order valence-corrected chi connectivity index (χ2v) is 6.56. The predicted octanol–water partition coefficient (Wildman–Crippen LogP) is 4.55. The molecule has 0 spiro atoms. The fraction of sp³-hybridized carbons (Fsp3) is 0.0769. The quantitative estimate of drug-likeness (QED) is 0.399. The molecule has 1 aromatic heterocycles. The first-order valence-corrected chi connectivity index (χ1v) is 8.00. The number of halogens is 4. The lowest BCUT2D eigenvalue weighted by Gasteiger charge is -2.14. The van der Waals surface area contributed by atoms with Crippen LogP contribution in [0.2, 0.25) is 10.0 Å². The number of nitrogen functional groups attached to an aromatic ring is 1. The topological polar surface area (TPSA) is 81.0 Å². The molecule has 0 atom stereocenters. The highest BCUT2D eigenvalue weighted by Gasteiger charge is 2.25. The lowest BCUT2D eigenvalue weighted by atomic mass is 10.2. The van der Waals surface area contributed by atoms with Crippen LogP contribution in [0.15, 0.2) is 21.2 Å². The molecule has 0 bridgehead atoms. The number of esters is 1. The highest BCUT2D eigenvalue weighted by atomic mass is 79.9. The van der Waals surface area contributed by atoms with Crippen LogP contribution in [-0.2, 0) is 4.74 Å². The highest BCUT2D eigenvalue weighted by Crippen LogP contribution is 2.41. The first kappa shape index (κ1) is 17.2. The maximum Gasteiger partial charge on any atom is 0.357 e. The van der Waals surface area contributed by atoms with Gasteiger partial charge in [-0.2, -0.15) is 5.26 Å². The number of nitriles is 1. The molecule has 2 rings (SSSR count). The molecule has 1 aromatic carbocycles. The molecule has 114 valence electrons. The van der Waals surface area contributed by atoms with Gasteiger partial charge in [0.15, 0.2) is 5.69 Å². The first-order valence-electron chi connectivity index (χ1n) is 5.66. The molecule has 5 nitrogen and oxygen atoms in total. The smallest absolute Gasteiger partial charge is 0.357 e. The third kappa shape index (κ3) is 2.72. The monoisotopic (exact) mass is 465 g/mol. The Balaban J connectivity index is 2.88. The van der Waals surface area contributed by atoms with Gasteiger partial charge in [0.25, 0.3) is 0 Å². The largest absolute Gasteiger partial charge is 0.464 e. The van der Waals surface area contributed by atoms with E-state index in [0.717, 1.165) is 0 Å². The summed E-state index contributed by atoms with van der Waals surface area (Å²) in [6.45, 7) is 0. The summed E-state index contributed by atoms with van der Waals surface area (Å²) in [6.07, 6.45) is 1.40. The number of rotatable bonds is 2. The third-order valence-electron chi connectivity index (χ3n) is 2.87. The summed E-state index contributed by atoms with van der Waals surface area (Å²) in [6, 6.07) is 3.59. The van der Waals surface area contributed by atoms with Gasteiger partial charge in [0.05, 0.1) is 34.1 Å². The van der Waals surface area contributed by atoms with E-state index in [1.165, 1.54) is 17.9 Å². The van der Waals surface area contributed by atoms with Crippen LogP contribution in [0.5, 0.6) is 0 Å². The first-order chi connectivity index (χ1) is 10.3. The summed E-state index contributed by atoms with van der Waals surface area (Å²) in [5, 5.41) is 9.57. The van der Waals surface area contributed by atoms with Gasteiger partial charge < -0.3 is 15.0 Å². The summed E-state index contributed by atoms with van der Waals surface area (Å²) >= 11 is 19.0. The Bertz CT molecular complexity index is 828. The molecule has 0 aliphatic carbocycles. The van der Waals surface area contributed by atoms with Crippen molar-refractivity contribution in [2.45, 2.75) is 0 Å². The van der Waals surface area contributed by atoms with Crippen LogP contribution in [0.1, 0.15) is 16.1 Å². The Morgan fingerprint density at radius 3 is 2.55 bits per heavy atom. The molecule has 0 fully saturated rings. The molecular weight excluding hydrogens is 461 g/mol. The number of carbonyl (C=O) groups excluding carboxylic acids is 1. The Morgan fingerprint density at radius 1 is 1.36 bits per heavy atom. The van der Waals surface area contributed by atoms with E-state index in [-0.39, 0.29) is 27.0 Å². The molecule has 9 heteroatoms. The predicted molar refractivity (Wildman–Crippen MR) is 91.7 cm³/mol. The van der Waals surface area contributed by atoms with Gasteiger partial charge in [-0.1, -0.05) is 23.2 Å². The lowest BCUT2D eigenvalue weighted by Crippen LogP contribution is -2.12. The second-order valence-electron chi connectivity index (χ2n) is 4.10. The van der Waals surface area contributed by atoms with Crippen LogP contribution in [-0.4, -0.2) is 17.6 Å². The lowest BCUT2D eigenvalue weighted by molar-refractivity contribution is 0.0593. The minimum Gasteiger partial charge on any atom is -0.464 e. The second kappa shape index (κ2) is 6.50. The fourth-order valence-corrected chi connectivity index (χ4v) is 3.89. The van der Waals surface area contributed by atoms with Gasteiger partial charge in [-0.15, -0.1) is 0 Å². The van der Waals surface area contributed by atoms with E-state index in [1.807, 2.05) is 6.07 Å². The van der Waals surface area contributed by atoms with E-state index in [4.69, 9.17) is 38.9 Å². The minimum absolute atomic E-state index is 0.0000362. The van der Waals surface area contributed by atoms with E-state index >= 15 is 0 Å². The highest BCUT2D eigenvalue weighted by molar-refractivity contribution is 9.11. The summed E-state index contributed by atoms with van der Waals surface area (Å²) in [5.74, 6) is -0.694. The van der Waals surface area contributed by atoms with Gasteiger partial charge >= 0.3 is 5.97 Å². The van der Waals surface area contributed by atoms with E-state index in [2.05, 4.69) is 31.9 Å². The van der Waals surface area contributed by atoms with Crippen molar-refractivity contribution in [1.29, 1.82) is 5.26 Å². The van der Waals surface area contributed by atoms with Gasteiger partial charge in [-0.3, -0.25) is 0 Å². The van der Waals surface area contributed by atoms with Crippen molar-refractivity contribution in [2.75, 3.05) is 12.8 Å². The zero-order chi connectivity index (χ0) is 16.6.